The summed E-state index contributed by atoms with van der Waals surface area (Å²) in [4.78, 5) is 14.8. The third-order valence-corrected chi connectivity index (χ3v) is 2.47. The molecular weight excluding hydrogens is 202 g/mol. The van der Waals surface area contributed by atoms with Crippen LogP contribution in [0.25, 0.3) is 0 Å². The summed E-state index contributed by atoms with van der Waals surface area (Å²) in [5.74, 6) is -0.973. The Labute approximate surface area is 83.6 Å². The van der Waals surface area contributed by atoms with E-state index >= 15 is 0 Å². The SMILES string of the molecule is O=C(O)c1ccnn1Cc1nccs1. The zero-order valence-electron chi connectivity index (χ0n) is 7.12. The lowest BCUT2D eigenvalue weighted by Crippen LogP contribution is -2.10. The molecule has 2 heterocycles. The van der Waals surface area contributed by atoms with Gasteiger partial charge in [-0.1, -0.05) is 0 Å². The first-order chi connectivity index (χ1) is 6.77. The van der Waals surface area contributed by atoms with Crippen LogP contribution in [0.15, 0.2) is 23.8 Å². The Balaban J connectivity index is 2.25. The molecule has 72 valence electrons. The van der Waals surface area contributed by atoms with E-state index in [2.05, 4.69) is 10.1 Å². The molecule has 0 fully saturated rings. The van der Waals surface area contributed by atoms with Crippen LogP contribution in [0.1, 0.15) is 15.5 Å². The number of hydrogen-bond donors (Lipinski definition) is 1. The lowest BCUT2D eigenvalue weighted by Gasteiger charge is -2.00. The van der Waals surface area contributed by atoms with E-state index in [0.29, 0.717) is 6.54 Å². The molecule has 1 N–H and O–H groups in total. The number of nitrogens with zero attached hydrogens (tertiary/aromatic N) is 3. The van der Waals surface area contributed by atoms with Gasteiger partial charge in [0.25, 0.3) is 0 Å². The molecule has 2 aromatic heterocycles. The molecule has 0 aliphatic rings. The van der Waals surface area contributed by atoms with Crippen LogP contribution in [-0.4, -0.2) is 25.8 Å². The predicted molar refractivity (Wildman–Crippen MR) is 50.4 cm³/mol. The van der Waals surface area contributed by atoms with Crippen LogP contribution in [0.5, 0.6) is 0 Å². The second-order valence-electron chi connectivity index (χ2n) is 2.61. The summed E-state index contributed by atoms with van der Waals surface area (Å²) >= 11 is 1.48. The molecule has 0 spiro atoms. The van der Waals surface area contributed by atoms with E-state index in [-0.39, 0.29) is 5.69 Å². The lowest BCUT2D eigenvalue weighted by molar-refractivity contribution is 0.0684. The molecule has 0 saturated carbocycles. The van der Waals surface area contributed by atoms with Crippen LogP contribution in [0.4, 0.5) is 0 Å². The molecule has 0 aliphatic heterocycles. The molecule has 0 bridgehead atoms. The highest BCUT2D eigenvalue weighted by atomic mass is 32.1. The number of rotatable bonds is 3. The molecule has 0 saturated heterocycles. The van der Waals surface area contributed by atoms with Gasteiger partial charge in [-0.2, -0.15) is 5.10 Å². The largest absolute Gasteiger partial charge is 0.477 e. The standard InChI is InChI=1S/C8H7N3O2S/c12-8(13)6-1-2-10-11(6)5-7-9-3-4-14-7/h1-4H,5H2,(H,12,13). The lowest BCUT2D eigenvalue weighted by atomic mass is 10.4. The van der Waals surface area contributed by atoms with Crippen LogP contribution >= 0.6 is 11.3 Å². The van der Waals surface area contributed by atoms with Crippen LogP contribution in [-0.2, 0) is 6.54 Å². The van der Waals surface area contributed by atoms with Crippen molar-refractivity contribution in [3.05, 3.63) is 34.5 Å². The number of hydrogen-bond acceptors (Lipinski definition) is 4. The summed E-state index contributed by atoms with van der Waals surface area (Å²) in [6.45, 7) is 0.409. The number of carboxylic acids is 1. The van der Waals surface area contributed by atoms with Crippen molar-refractivity contribution in [1.82, 2.24) is 14.8 Å². The van der Waals surface area contributed by atoms with Gasteiger partial charge >= 0.3 is 5.97 Å². The summed E-state index contributed by atoms with van der Waals surface area (Å²) in [6.07, 6.45) is 3.15. The second kappa shape index (κ2) is 3.59. The van der Waals surface area contributed by atoms with Gasteiger partial charge in [-0.05, 0) is 6.07 Å². The Bertz CT molecular complexity index is 435. The van der Waals surface area contributed by atoms with Crippen molar-refractivity contribution in [3.8, 4) is 0 Å². The molecule has 6 heteroatoms. The average Bonchev–Trinajstić information content (AvgIpc) is 2.75. The maximum atomic E-state index is 10.7. The maximum Gasteiger partial charge on any atom is 0.354 e. The molecule has 0 amide bonds. The van der Waals surface area contributed by atoms with Crippen molar-refractivity contribution < 1.29 is 9.90 Å². The molecule has 0 radical (unpaired) electrons. The third-order valence-electron chi connectivity index (χ3n) is 1.70. The Morgan fingerprint density at radius 1 is 1.57 bits per heavy atom. The smallest absolute Gasteiger partial charge is 0.354 e. The fraction of sp³-hybridized carbons (Fsp3) is 0.125. The van der Waals surface area contributed by atoms with Crippen LogP contribution in [0, 0.1) is 0 Å². The Morgan fingerprint density at radius 3 is 3.07 bits per heavy atom. The highest BCUT2D eigenvalue weighted by molar-refractivity contribution is 7.09. The number of aromatic carboxylic acids is 1. The normalized spacial score (nSPS) is 10.3. The highest BCUT2D eigenvalue weighted by Gasteiger charge is 2.10. The zero-order chi connectivity index (χ0) is 9.97. The van der Waals surface area contributed by atoms with Crippen molar-refractivity contribution in [2.45, 2.75) is 6.54 Å². The van der Waals surface area contributed by atoms with Gasteiger partial charge in [-0.25, -0.2) is 9.78 Å². The summed E-state index contributed by atoms with van der Waals surface area (Å²) in [5, 5.41) is 15.4. The summed E-state index contributed by atoms with van der Waals surface area (Å²) < 4.78 is 1.42. The molecule has 2 rings (SSSR count). The van der Waals surface area contributed by atoms with Gasteiger partial charge in [0.2, 0.25) is 0 Å². The van der Waals surface area contributed by atoms with Crippen molar-refractivity contribution >= 4 is 17.3 Å². The minimum Gasteiger partial charge on any atom is -0.477 e. The van der Waals surface area contributed by atoms with E-state index < -0.39 is 5.97 Å². The van der Waals surface area contributed by atoms with Crippen LogP contribution in [0.2, 0.25) is 0 Å². The first-order valence-corrected chi connectivity index (χ1v) is 4.79. The van der Waals surface area contributed by atoms with Gasteiger partial charge in [-0.15, -0.1) is 11.3 Å². The quantitative estimate of drug-likeness (QED) is 0.821. The second-order valence-corrected chi connectivity index (χ2v) is 3.58. The zero-order valence-corrected chi connectivity index (χ0v) is 7.94. The maximum absolute atomic E-state index is 10.7. The van der Waals surface area contributed by atoms with E-state index in [0.717, 1.165) is 5.01 Å². The van der Waals surface area contributed by atoms with Gasteiger partial charge in [0.15, 0.2) is 0 Å². The van der Waals surface area contributed by atoms with E-state index in [4.69, 9.17) is 5.11 Å². The summed E-state index contributed by atoms with van der Waals surface area (Å²) in [5.41, 5.74) is 0.181. The van der Waals surface area contributed by atoms with Crippen molar-refractivity contribution in [3.63, 3.8) is 0 Å². The third kappa shape index (κ3) is 1.64. The van der Waals surface area contributed by atoms with E-state index in [1.165, 1.54) is 28.3 Å². The van der Waals surface area contributed by atoms with Crippen molar-refractivity contribution in [2.75, 3.05) is 0 Å². The number of carboxylic acid groups (broad SMARTS) is 1. The van der Waals surface area contributed by atoms with Crippen LogP contribution < -0.4 is 0 Å². The molecule has 0 aliphatic carbocycles. The topological polar surface area (TPSA) is 68.0 Å². The van der Waals surface area contributed by atoms with E-state index in [1.807, 2.05) is 5.38 Å². The molecule has 14 heavy (non-hydrogen) atoms. The average molecular weight is 209 g/mol. The van der Waals surface area contributed by atoms with E-state index in [9.17, 15) is 4.79 Å². The fourth-order valence-corrected chi connectivity index (χ4v) is 1.70. The number of aromatic nitrogens is 3. The highest BCUT2D eigenvalue weighted by Crippen LogP contribution is 2.08. The Kier molecular flexibility index (Phi) is 2.28. The molecular formula is C8H7N3O2S. The first kappa shape index (κ1) is 8.89. The minimum absolute atomic E-state index is 0.181. The van der Waals surface area contributed by atoms with Gasteiger partial charge in [0, 0.05) is 17.8 Å². The van der Waals surface area contributed by atoms with Crippen LogP contribution in [0.3, 0.4) is 0 Å². The molecule has 0 atom stereocenters. The monoisotopic (exact) mass is 209 g/mol. The van der Waals surface area contributed by atoms with Gasteiger partial charge in [0.1, 0.15) is 10.7 Å². The number of carbonyl (C=O) groups is 1. The molecule has 2 aromatic rings. The summed E-state index contributed by atoms with van der Waals surface area (Å²) in [6, 6.07) is 1.47. The van der Waals surface area contributed by atoms with Gasteiger partial charge in [-0.3, -0.25) is 4.68 Å². The van der Waals surface area contributed by atoms with E-state index in [1.54, 1.807) is 6.20 Å². The van der Waals surface area contributed by atoms with Gasteiger partial charge in [0.05, 0.1) is 6.54 Å². The predicted octanol–water partition coefficient (Wildman–Crippen LogP) is 1.09. The summed E-state index contributed by atoms with van der Waals surface area (Å²) in [7, 11) is 0. The molecule has 0 aromatic carbocycles. The number of thiazole rings is 1. The molecule has 5 nitrogen and oxygen atoms in total. The minimum atomic E-state index is -0.973. The van der Waals surface area contributed by atoms with Crippen molar-refractivity contribution in [1.29, 1.82) is 0 Å². The molecule has 0 unspecified atom stereocenters. The van der Waals surface area contributed by atoms with Gasteiger partial charge < -0.3 is 5.11 Å². The Morgan fingerprint density at radius 2 is 2.43 bits per heavy atom. The van der Waals surface area contributed by atoms with Crippen molar-refractivity contribution in [2.24, 2.45) is 0 Å². The fourth-order valence-electron chi connectivity index (χ4n) is 1.10. The first-order valence-electron chi connectivity index (χ1n) is 3.91. The Hall–Kier alpha value is -1.69.